The van der Waals surface area contributed by atoms with Crippen LogP contribution in [0.3, 0.4) is 0 Å². The Morgan fingerprint density at radius 2 is 1.85 bits per heavy atom. The third-order valence-electron chi connectivity index (χ3n) is 4.60. The van der Waals surface area contributed by atoms with Crippen LogP contribution < -0.4 is 14.8 Å². The Morgan fingerprint density at radius 1 is 1.09 bits per heavy atom. The lowest BCUT2D eigenvalue weighted by Crippen LogP contribution is -2.19. The molecule has 2 aromatic carbocycles. The van der Waals surface area contributed by atoms with Crippen LogP contribution in [0.15, 0.2) is 71.4 Å². The number of halogens is 3. The van der Waals surface area contributed by atoms with Gasteiger partial charge in [0.05, 0.1) is 12.3 Å². The minimum absolute atomic E-state index is 0.0238. The third-order valence-corrected chi connectivity index (χ3v) is 4.60. The fraction of sp³-hybridized carbons (Fsp3) is 0.174. The molecule has 0 radical (unpaired) electrons. The highest BCUT2D eigenvalue weighted by Crippen LogP contribution is 2.28. The Morgan fingerprint density at radius 3 is 2.59 bits per heavy atom. The number of carbonyl (C=O) groups is 1. The Balaban J connectivity index is 1.47. The first-order valence-corrected chi connectivity index (χ1v) is 10.2. The highest BCUT2D eigenvalue weighted by molar-refractivity contribution is 5.92. The number of aromatic nitrogens is 3. The van der Waals surface area contributed by atoms with Gasteiger partial charge in [-0.05, 0) is 55.5 Å². The van der Waals surface area contributed by atoms with E-state index in [4.69, 9.17) is 9.26 Å². The fourth-order valence-electron chi connectivity index (χ4n) is 3.19. The van der Waals surface area contributed by atoms with Gasteiger partial charge in [0.1, 0.15) is 23.7 Å². The second-order valence-corrected chi connectivity index (χ2v) is 6.99. The molecule has 0 saturated heterocycles. The molecule has 4 aromatic rings. The van der Waals surface area contributed by atoms with Crippen molar-refractivity contribution >= 4 is 11.6 Å². The molecular formula is C23H19F3N4O4. The first kappa shape index (κ1) is 22.9. The topological polar surface area (TPSA) is 91.4 Å². The lowest BCUT2D eigenvalue weighted by molar-refractivity contribution is -0.274. The molecule has 0 bridgehead atoms. The highest BCUT2D eigenvalue weighted by atomic mass is 19.4. The van der Waals surface area contributed by atoms with Crippen molar-refractivity contribution in [2.45, 2.75) is 19.8 Å². The van der Waals surface area contributed by atoms with Gasteiger partial charge < -0.3 is 23.9 Å². The van der Waals surface area contributed by atoms with Gasteiger partial charge in [-0.3, -0.25) is 4.79 Å². The summed E-state index contributed by atoms with van der Waals surface area (Å²) in [7, 11) is 0. The molecule has 0 unspecified atom stereocenters. The number of amides is 1. The van der Waals surface area contributed by atoms with Crippen LogP contribution in [0, 0.1) is 0 Å². The van der Waals surface area contributed by atoms with Crippen molar-refractivity contribution in [3.8, 4) is 34.5 Å². The Kier molecular flexibility index (Phi) is 6.53. The first-order chi connectivity index (χ1) is 16.3. The van der Waals surface area contributed by atoms with E-state index >= 15 is 0 Å². The molecule has 0 atom stereocenters. The highest BCUT2D eigenvalue weighted by Gasteiger charge is 2.31. The third kappa shape index (κ3) is 5.55. The van der Waals surface area contributed by atoms with E-state index in [1.807, 2.05) is 13.0 Å². The zero-order valence-electron chi connectivity index (χ0n) is 17.9. The van der Waals surface area contributed by atoms with Crippen molar-refractivity contribution in [1.29, 1.82) is 0 Å². The largest absolute Gasteiger partial charge is 0.573 e. The van der Waals surface area contributed by atoms with E-state index in [2.05, 4.69) is 20.2 Å². The normalized spacial score (nSPS) is 11.3. The number of anilines is 1. The average molecular weight is 472 g/mol. The van der Waals surface area contributed by atoms with Crippen LogP contribution in [0.4, 0.5) is 18.9 Å². The fourth-order valence-corrected chi connectivity index (χ4v) is 3.19. The maximum Gasteiger partial charge on any atom is 0.573 e. The van der Waals surface area contributed by atoms with Gasteiger partial charge in [-0.1, -0.05) is 17.3 Å². The van der Waals surface area contributed by atoms with E-state index in [9.17, 15) is 18.0 Å². The zero-order chi connectivity index (χ0) is 24.1. The van der Waals surface area contributed by atoms with Crippen molar-refractivity contribution in [3.63, 3.8) is 0 Å². The van der Waals surface area contributed by atoms with Gasteiger partial charge in [-0.25, -0.2) is 0 Å². The van der Waals surface area contributed by atoms with E-state index in [0.29, 0.717) is 29.3 Å². The summed E-state index contributed by atoms with van der Waals surface area (Å²) in [6.07, 6.45) is -3.08. The summed E-state index contributed by atoms with van der Waals surface area (Å²) in [6, 6.07) is 15.6. The summed E-state index contributed by atoms with van der Waals surface area (Å²) >= 11 is 0. The number of para-hydroxylation sites is 2. The lowest BCUT2D eigenvalue weighted by Gasteiger charge is -2.12. The standard InChI is InChI=1S/C23H19F3N4O4/c1-2-32-19-8-4-3-6-17(19)27-20(31)14-30-13-5-7-18(30)22-28-21(29-34-22)15-9-11-16(12-10-15)33-23(24,25)26/h3-13H,2,14H2,1H3,(H,27,31). The number of hydrogen-bond acceptors (Lipinski definition) is 6. The summed E-state index contributed by atoms with van der Waals surface area (Å²) in [5, 5.41) is 6.71. The Bertz CT molecular complexity index is 1270. The van der Waals surface area contributed by atoms with Crippen LogP contribution in [-0.2, 0) is 11.3 Å². The van der Waals surface area contributed by atoms with E-state index < -0.39 is 6.36 Å². The maximum atomic E-state index is 12.6. The van der Waals surface area contributed by atoms with Crippen LogP contribution in [-0.4, -0.2) is 33.6 Å². The van der Waals surface area contributed by atoms with Crippen LogP contribution in [0.5, 0.6) is 11.5 Å². The van der Waals surface area contributed by atoms with E-state index in [1.165, 1.54) is 12.1 Å². The predicted octanol–water partition coefficient (Wildman–Crippen LogP) is 5.14. The molecule has 8 nitrogen and oxygen atoms in total. The number of carbonyl (C=O) groups excluding carboxylic acids is 1. The SMILES string of the molecule is CCOc1ccccc1NC(=O)Cn1cccc1-c1nc(-c2ccc(OC(F)(F)F)cc2)no1. The molecular weight excluding hydrogens is 453 g/mol. The number of hydrogen-bond donors (Lipinski definition) is 1. The van der Waals surface area contributed by atoms with E-state index in [1.54, 1.807) is 41.1 Å². The second kappa shape index (κ2) is 9.69. The van der Waals surface area contributed by atoms with Gasteiger partial charge in [-0.2, -0.15) is 4.98 Å². The van der Waals surface area contributed by atoms with Gasteiger partial charge in [0.15, 0.2) is 0 Å². The minimum Gasteiger partial charge on any atom is -0.492 e. The molecule has 0 saturated carbocycles. The van der Waals surface area contributed by atoms with Gasteiger partial charge in [0.25, 0.3) is 5.89 Å². The first-order valence-electron chi connectivity index (χ1n) is 10.2. The predicted molar refractivity (Wildman–Crippen MR) is 116 cm³/mol. The van der Waals surface area contributed by atoms with Crippen molar-refractivity contribution in [3.05, 3.63) is 66.9 Å². The van der Waals surface area contributed by atoms with Crippen molar-refractivity contribution in [2.75, 3.05) is 11.9 Å². The Hall–Kier alpha value is -4.28. The molecule has 0 aliphatic heterocycles. The average Bonchev–Trinajstić information content (AvgIpc) is 3.44. The molecule has 2 aromatic heterocycles. The zero-order valence-corrected chi connectivity index (χ0v) is 17.9. The van der Waals surface area contributed by atoms with Gasteiger partial charge >= 0.3 is 6.36 Å². The summed E-state index contributed by atoms with van der Waals surface area (Å²) in [5.41, 5.74) is 1.50. The summed E-state index contributed by atoms with van der Waals surface area (Å²) < 4.78 is 53.3. The minimum atomic E-state index is -4.77. The van der Waals surface area contributed by atoms with Crippen molar-refractivity contribution < 1.29 is 32.0 Å². The summed E-state index contributed by atoms with van der Waals surface area (Å²) in [5.74, 6) is 0.254. The number of alkyl halides is 3. The van der Waals surface area contributed by atoms with Crippen molar-refractivity contribution in [2.24, 2.45) is 0 Å². The molecule has 4 rings (SSSR count). The molecule has 2 heterocycles. The number of ether oxygens (including phenoxy) is 2. The van der Waals surface area contributed by atoms with Gasteiger partial charge in [0.2, 0.25) is 11.7 Å². The number of nitrogens with zero attached hydrogens (tertiary/aromatic N) is 3. The second-order valence-electron chi connectivity index (χ2n) is 6.99. The Labute approximate surface area is 191 Å². The molecule has 176 valence electrons. The van der Waals surface area contributed by atoms with Crippen molar-refractivity contribution in [1.82, 2.24) is 14.7 Å². The number of benzene rings is 2. The summed E-state index contributed by atoms with van der Waals surface area (Å²) in [6.45, 7) is 2.30. The molecule has 1 amide bonds. The molecule has 1 N–H and O–H groups in total. The van der Waals surface area contributed by atoms with Crippen LogP contribution in [0.1, 0.15) is 6.92 Å². The van der Waals surface area contributed by atoms with Gasteiger partial charge in [0, 0.05) is 11.8 Å². The molecule has 0 aliphatic rings. The molecule has 11 heteroatoms. The van der Waals surface area contributed by atoms with Gasteiger partial charge in [-0.15, -0.1) is 13.2 Å². The number of rotatable bonds is 8. The van der Waals surface area contributed by atoms with E-state index in [0.717, 1.165) is 12.1 Å². The molecule has 34 heavy (non-hydrogen) atoms. The monoisotopic (exact) mass is 472 g/mol. The van der Waals surface area contributed by atoms with Crippen LogP contribution in [0.2, 0.25) is 0 Å². The molecule has 0 aliphatic carbocycles. The lowest BCUT2D eigenvalue weighted by atomic mass is 10.2. The maximum absolute atomic E-state index is 12.6. The molecule has 0 fully saturated rings. The smallest absolute Gasteiger partial charge is 0.492 e. The quantitative estimate of drug-likeness (QED) is 0.382. The van der Waals surface area contributed by atoms with Crippen LogP contribution >= 0.6 is 0 Å². The van der Waals surface area contributed by atoms with Crippen LogP contribution in [0.25, 0.3) is 23.0 Å². The molecule has 0 spiro atoms. The van der Waals surface area contributed by atoms with E-state index in [-0.39, 0.29) is 29.9 Å². The summed E-state index contributed by atoms with van der Waals surface area (Å²) in [4.78, 5) is 16.9. The number of nitrogens with one attached hydrogen (secondary N) is 1.